The molecule has 0 aromatic carbocycles. The Labute approximate surface area is 188 Å². The zero-order chi connectivity index (χ0) is 22.8. The Morgan fingerprint density at radius 2 is 0.621 bits per heavy atom. The SMILES string of the molecule is O=[PH]([O-])OCCO.O=[PH]([O-])OCCO.O=[PH]([O-])OCCO.O=[PH]([O-])OCCO.[Zr+4]. The largest absolute Gasteiger partial charge is 4.00 e. The molecule has 0 rings (SSSR count). The Kier molecular flexibility index (Phi) is 51.4. The molecule has 0 heterocycles. The molecule has 16 nitrogen and oxygen atoms in total. The Morgan fingerprint density at radius 1 is 0.483 bits per heavy atom. The normalized spacial score (nSPS) is 13.5. The summed E-state index contributed by atoms with van der Waals surface area (Å²) in [5, 5.41) is 31.7. The molecule has 4 atom stereocenters. The molecule has 4 unspecified atom stereocenters. The fourth-order valence-electron chi connectivity index (χ4n) is 0.516. The van der Waals surface area contributed by atoms with Gasteiger partial charge in [0.2, 0.25) is 0 Å². The fraction of sp³-hybridized carbons (Fsp3) is 1.00. The van der Waals surface area contributed by atoms with Crippen molar-refractivity contribution in [3.8, 4) is 0 Å². The molecule has 0 saturated heterocycles. The molecule has 0 aliphatic heterocycles. The summed E-state index contributed by atoms with van der Waals surface area (Å²) in [6.45, 7) is -1.50. The van der Waals surface area contributed by atoms with E-state index in [2.05, 4.69) is 18.1 Å². The van der Waals surface area contributed by atoms with E-state index in [1.54, 1.807) is 0 Å². The van der Waals surface area contributed by atoms with E-state index in [0.29, 0.717) is 0 Å². The van der Waals surface area contributed by atoms with Crippen molar-refractivity contribution >= 4 is 33.0 Å². The van der Waals surface area contributed by atoms with Crippen LogP contribution in [0.25, 0.3) is 0 Å². The van der Waals surface area contributed by atoms with Crippen LogP contribution in [-0.4, -0.2) is 73.3 Å². The molecule has 0 saturated carbocycles. The standard InChI is InChI=1S/4C2H7O4P.Zr/c4*3-1-2-6-7(4)5;/h4*3,7H,1-2H2,(H,4,5);/q;;;;+4/p-4. The summed E-state index contributed by atoms with van der Waals surface area (Å²) in [5.74, 6) is 0. The van der Waals surface area contributed by atoms with E-state index in [1.165, 1.54) is 0 Å². The Bertz CT molecular complexity index is 329. The molecule has 0 aliphatic carbocycles. The summed E-state index contributed by atoms with van der Waals surface area (Å²) in [5.41, 5.74) is 0. The Morgan fingerprint density at radius 3 is 0.655 bits per heavy atom. The second-order valence-electron chi connectivity index (χ2n) is 3.29. The second-order valence-corrected chi connectivity index (χ2v) is 6.44. The van der Waals surface area contributed by atoms with Crippen LogP contribution in [0.3, 0.4) is 0 Å². The minimum Gasteiger partial charge on any atom is -0.781 e. The first-order valence-corrected chi connectivity index (χ1v) is 11.8. The van der Waals surface area contributed by atoms with Crippen LogP contribution in [0.4, 0.5) is 0 Å². The maximum absolute atomic E-state index is 9.50. The van der Waals surface area contributed by atoms with Gasteiger partial charge in [-0.05, 0) is 0 Å². The quantitative estimate of drug-likeness (QED) is 0.155. The summed E-state index contributed by atoms with van der Waals surface area (Å²) in [6.07, 6.45) is 0. The molecule has 0 aliphatic rings. The van der Waals surface area contributed by atoms with Gasteiger partial charge < -0.3 is 76.4 Å². The fourth-order valence-corrected chi connectivity index (χ4v) is 1.55. The monoisotopic (exact) mass is 590 g/mol. The number of aliphatic hydroxyl groups excluding tert-OH is 4. The molecule has 21 heteroatoms. The van der Waals surface area contributed by atoms with Crippen molar-refractivity contribution in [2.75, 3.05) is 52.9 Å². The number of aliphatic hydroxyl groups is 4. The molecule has 0 radical (unpaired) electrons. The van der Waals surface area contributed by atoms with Crippen LogP contribution in [0.2, 0.25) is 0 Å². The van der Waals surface area contributed by atoms with Gasteiger partial charge in [-0.15, -0.1) is 0 Å². The first kappa shape index (κ1) is 40.7. The zero-order valence-electron chi connectivity index (χ0n) is 14.8. The number of rotatable bonds is 12. The third-order valence-electron chi connectivity index (χ3n) is 1.24. The van der Waals surface area contributed by atoms with E-state index in [-0.39, 0.29) is 79.1 Å². The predicted molar refractivity (Wildman–Crippen MR) is 88.2 cm³/mol. The van der Waals surface area contributed by atoms with Gasteiger partial charge in [0.15, 0.2) is 0 Å². The van der Waals surface area contributed by atoms with Crippen molar-refractivity contribution in [1.29, 1.82) is 0 Å². The van der Waals surface area contributed by atoms with Gasteiger partial charge in [-0.1, -0.05) is 0 Å². The Hall–Kier alpha value is 1.32. The van der Waals surface area contributed by atoms with E-state index in [0.717, 1.165) is 0 Å². The average Bonchev–Trinajstić information content (AvgIpc) is 2.62. The van der Waals surface area contributed by atoms with Gasteiger partial charge in [-0.2, -0.15) is 0 Å². The van der Waals surface area contributed by atoms with Gasteiger partial charge in [0.05, 0.1) is 52.9 Å². The maximum atomic E-state index is 9.50. The van der Waals surface area contributed by atoms with E-state index in [4.69, 9.17) is 20.4 Å². The van der Waals surface area contributed by atoms with Gasteiger partial charge in [0.25, 0.3) is 0 Å². The molecule has 4 N–H and O–H groups in total. The molecule has 29 heavy (non-hydrogen) atoms. The van der Waals surface area contributed by atoms with Crippen molar-refractivity contribution in [2.45, 2.75) is 0 Å². The van der Waals surface area contributed by atoms with Crippen LogP contribution in [0.15, 0.2) is 0 Å². The Balaban J connectivity index is -0.0000000873. The molecular formula is C8H24O16P4Zr. The van der Waals surface area contributed by atoms with Crippen LogP contribution < -0.4 is 19.6 Å². The smallest absolute Gasteiger partial charge is 0.781 e. The second kappa shape index (κ2) is 36.7. The van der Waals surface area contributed by atoms with Gasteiger partial charge in [-0.3, -0.25) is 0 Å². The van der Waals surface area contributed by atoms with Crippen LogP contribution >= 0.6 is 33.0 Å². The maximum Gasteiger partial charge on any atom is 4.00 e. The molecular weight excluding hydrogens is 567 g/mol. The van der Waals surface area contributed by atoms with E-state index < -0.39 is 33.0 Å². The molecule has 0 fully saturated rings. The van der Waals surface area contributed by atoms with E-state index in [1.807, 2.05) is 0 Å². The minimum atomic E-state index is -3.06. The average molecular weight is 591 g/mol. The van der Waals surface area contributed by atoms with E-state index in [9.17, 15) is 37.8 Å². The van der Waals surface area contributed by atoms with Crippen molar-refractivity contribution in [3.63, 3.8) is 0 Å². The number of hydrogen-bond donors (Lipinski definition) is 4. The predicted octanol–water partition coefficient (Wildman–Crippen LogP) is -5.02. The van der Waals surface area contributed by atoms with Crippen molar-refractivity contribution < 1.29 is 103 Å². The minimum absolute atomic E-state index is 0. The molecule has 0 aromatic heterocycles. The summed E-state index contributed by atoms with van der Waals surface area (Å²) in [7, 11) is -12.2. The number of hydrogen-bond acceptors (Lipinski definition) is 16. The van der Waals surface area contributed by atoms with Crippen LogP contribution in [-0.2, 0) is 62.6 Å². The summed E-state index contributed by atoms with van der Waals surface area (Å²) in [6, 6.07) is 0. The zero-order valence-corrected chi connectivity index (χ0v) is 21.3. The topological polar surface area (TPSA) is 278 Å². The molecule has 176 valence electrons. The van der Waals surface area contributed by atoms with E-state index >= 15 is 0 Å². The molecule has 0 spiro atoms. The summed E-state index contributed by atoms with van der Waals surface area (Å²) in [4.78, 5) is 38.0. The third-order valence-corrected chi connectivity index (χ3v) is 3.00. The molecule has 0 bridgehead atoms. The van der Waals surface area contributed by atoms with Crippen LogP contribution in [0, 0.1) is 0 Å². The molecule has 0 aromatic rings. The van der Waals surface area contributed by atoms with Crippen molar-refractivity contribution in [2.24, 2.45) is 0 Å². The summed E-state index contributed by atoms with van der Waals surface area (Å²) >= 11 is 0. The van der Waals surface area contributed by atoms with Crippen molar-refractivity contribution in [1.82, 2.24) is 0 Å². The van der Waals surface area contributed by atoms with Crippen molar-refractivity contribution in [3.05, 3.63) is 0 Å². The summed E-state index contributed by atoms with van der Waals surface area (Å²) < 4.78 is 53.7. The first-order valence-electron chi connectivity index (χ1n) is 6.87. The third kappa shape index (κ3) is 72.9. The molecule has 0 amide bonds. The first-order chi connectivity index (χ1) is 13.1. The van der Waals surface area contributed by atoms with Gasteiger partial charge >= 0.3 is 26.2 Å². The van der Waals surface area contributed by atoms with Crippen LogP contribution in [0.5, 0.6) is 0 Å². The van der Waals surface area contributed by atoms with Gasteiger partial charge in [-0.25, -0.2) is 0 Å². The van der Waals surface area contributed by atoms with Crippen LogP contribution in [0.1, 0.15) is 0 Å². The van der Waals surface area contributed by atoms with Gasteiger partial charge in [0, 0.05) is 0 Å². The van der Waals surface area contributed by atoms with Gasteiger partial charge in [0.1, 0.15) is 33.0 Å².